The monoisotopic (exact) mass is 312 g/mol. The van der Waals surface area contributed by atoms with Gasteiger partial charge in [0, 0.05) is 30.0 Å². The van der Waals surface area contributed by atoms with Crippen LogP contribution in [-0.2, 0) is 15.6 Å². The van der Waals surface area contributed by atoms with Crippen molar-refractivity contribution in [1.29, 1.82) is 0 Å². The molecule has 5 nitrogen and oxygen atoms in total. The summed E-state index contributed by atoms with van der Waals surface area (Å²) in [5.74, 6) is 1.19. The molecule has 0 fully saturated rings. The summed E-state index contributed by atoms with van der Waals surface area (Å²) in [6.07, 6.45) is 2.91. The Kier molecular flexibility index (Phi) is 4.49. The lowest BCUT2D eigenvalue weighted by Crippen LogP contribution is -2.16. The van der Waals surface area contributed by atoms with E-state index in [1.54, 1.807) is 6.20 Å². The highest BCUT2D eigenvalue weighted by molar-refractivity contribution is 7.99. The van der Waals surface area contributed by atoms with Crippen molar-refractivity contribution in [1.82, 2.24) is 9.38 Å². The lowest BCUT2D eigenvalue weighted by molar-refractivity contribution is 0.603. The number of pyridine rings is 1. The summed E-state index contributed by atoms with van der Waals surface area (Å²) in [5.41, 5.74) is 2.16. The minimum atomic E-state index is -2.94. The van der Waals surface area contributed by atoms with Crippen LogP contribution >= 0.6 is 11.8 Å². The number of sulfone groups is 1. The van der Waals surface area contributed by atoms with E-state index in [1.807, 2.05) is 19.1 Å². The summed E-state index contributed by atoms with van der Waals surface area (Å²) in [5, 5.41) is 0. The zero-order valence-electron chi connectivity index (χ0n) is 11.4. The fraction of sp³-hybridized carbons (Fsp3) is 0.385. The molecule has 0 radical (unpaired) electrons. The molecular weight excluding hydrogens is 296 g/mol. The van der Waals surface area contributed by atoms with Crippen molar-refractivity contribution < 1.29 is 8.42 Å². The fourth-order valence-electron chi connectivity index (χ4n) is 1.77. The van der Waals surface area contributed by atoms with Gasteiger partial charge in [0.15, 0.2) is 0 Å². The van der Waals surface area contributed by atoms with E-state index in [-0.39, 0.29) is 11.3 Å². The lowest BCUT2D eigenvalue weighted by atomic mass is 10.3. The summed E-state index contributed by atoms with van der Waals surface area (Å²) in [6, 6.07) is 5.22. The van der Waals surface area contributed by atoms with Crippen LogP contribution in [0.4, 0.5) is 0 Å². The van der Waals surface area contributed by atoms with Crippen LogP contribution in [0.5, 0.6) is 0 Å². The second kappa shape index (κ2) is 5.97. The largest absolute Gasteiger partial charge is 0.269 e. The second-order valence-corrected chi connectivity index (χ2v) is 8.02. The van der Waals surface area contributed by atoms with E-state index in [9.17, 15) is 13.2 Å². The summed E-state index contributed by atoms with van der Waals surface area (Å²) in [6.45, 7) is 1.91. The number of hydrogen-bond donors (Lipinski definition) is 0. The Balaban J connectivity index is 2.16. The van der Waals surface area contributed by atoms with Crippen LogP contribution in [0.25, 0.3) is 5.65 Å². The molecule has 20 heavy (non-hydrogen) atoms. The molecule has 0 N–H and O–H groups in total. The topological polar surface area (TPSA) is 68.5 Å². The van der Waals surface area contributed by atoms with E-state index in [0.29, 0.717) is 22.8 Å². The first-order valence-electron chi connectivity index (χ1n) is 6.10. The molecule has 2 aromatic heterocycles. The smallest absolute Gasteiger partial charge is 0.258 e. The Morgan fingerprint density at radius 1 is 1.40 bits per heavy atom. The molecule has 0 spiro atoms. The maximum atomic E-state index is 12.0. The first-order chi connectivity index (χ1) is 9.37. The van der Waals surface area contributed by atoms with Crippen LogP contribution in [-0.4, -0.2) is 35.6 Å². The van der Waals surface area contributed by atoms with E-state index in [4.69, 9.17) is 0 Å². The quantitative estimate of drug-likeness (QED) is 0.778. The molecule has 7 heteroatoms. The predicted octanol–water partition coefficient (Wildman–Crippen LogP) is 1.28. The molecule has 0 unspecified atom stereocenters. The van der Waals surface area contributed by atoms with Gasteiger partial charge >= 0.3 is 0 Å². The number of thioether (sulfide) groups is 1. The summed E-state index contributed by atoms with van der Waals surface area (Å²) < 4.78 is 23.6. The van der Waals surface area contributed by atoms with Gasteiger partial charge in [-0.2, -0.15) is 11.8 Å². The molecule has 0 bridgehead atoms. The van der Waals surface area contributed by atoms with Gasteiger partial charge in [-0.15, -0.1) is 0 Å². The maximum Gasteiger partial charge on any atom is 0.258 e. The number of nitrogens with zero attached hydrogens (tertiary/aromatic N) is 2. The predicted molar refractivity (Wildman–Crippen MR) is 82.1 cm³/mol. The Hall–Kier alpha value is -1.34. The number of aryl methyl sites for hydroxylation is 1. The average molecular weight is 312 g/mol. The first-order valence-corrected chi connectivity index (χ1v) is 9.32. The van der Waals surface area contributed by atoms with Gasteiger partial charge in [-0.1, -0.05) is 6.07 Å². The number of hydrogen-bond acceptors (Lipinski definition) is 5. The molecule has 0 aliphatic rings. The highest BCUT2D eigenvalue weighted by Gasteiger charge is 2.06. The molecule has 0 aromatic carbocycles. The third kappa shape index (κ3) is 3.83. The minimum absolute atomic E-state index is 0.114. The van der Waals surface area contributed by atoms with Gasteiger partial charge in [-0.3, -0.25) is 9.20 Å². The molecule has 2 heterocycles. The van der Waals surface area contributed by atoms with Gasteiger partial charge < -0.3 is 0 Å². The number of fused-ring (bicyclic) bond motifs is 1. The van der Waals surface area contributed by atoms with Crippen LogP contribution in [0.1, 0.15) is 11.3 Å². The average Bonchev–Trinajstić information content (AvgIpc) is 2.35. The van der Waals surface area contributed by atoms with Gasteiger partial charge in [0.25, 0.3) is 5.56 Å². The lowest BCUT2D eigenvalue weighted by Gasteiger charge is -2.06. The first kappa shape index (κ1) is 15.1. The Morgan fingerprint density at radius 3 is 2.85 bits per heavy atom. The Bertz CT molecular complexity index is 782. The van der Waals surface area contributed by atoms with Gasteiger partial charge in [0.1, 0.15) is 15.5 Å². The van der Waals surface area contributed by atoms with Crippen LogP contribution in [0.2, 0.25) is 0 Å². The molecular formula is C13H16N2O3S2. The third-order valence-electron chi connectivity index (χ3n) is 2.79. The number of rotatable bonds is 5. The van der Waals surface area contributed by atoms with Gasteiger partial charge in [0.05, 0.1) is 11.4 Å². The van der Waals surface area contributed by atoms with Crippen molar-refractivity contribution in [2.75, 3.05) is 17.8 Å². The molecule has 2 rings (SSSR count). The highest BCUT2D eigenvalue weighted by atomic mass is 32.2. The van der Waals surface area contributed by atoms with E-state index in [0.717, 1.165) is 5.56 Å². The minimum Gasteiger partial charge on any atom is -0.269 e. The third-order valence-corrected chi connectivity index (χ3v) is 4.98. The van der Waals surface area contributed by atoms with Crippen LogP contribution in [0.15, 0.2) is 29.2 Å². The molecule has 108 valence electrons. The van der Waals surface area contributed by atoms with Crippen molar-refractivity contribution in [3.05, 3.63) is 46.0 Å². The van der Waals surface area contributed by atoms with E-state index < -0.39 is 9.84 Å². The van der Waals surface area contributed by atoms with Gasteiger partial charge in [0.2, 0.25) is 0 Å². The van der Waals surface area contributed by atoms with Gasteiger partial charge in [-0.05, 0) is 18.6 Å². The molecule has 0 aliphatic carbocycles. The van der Waals surface area contributed by atoms with Gasteiger partial charge in [-0.25, -0.2) is 13.4 Å². The van der Waals surface area contributed by atoms with Crippen molar-refractivity contribution in [2.45, 2.75) is 12.7 Å². The molecule has 0 saturated heterocycles. The Morgan fingerprint density at radius 2 is 2.15 bits per heavy atom. The SMILES string of the molecule is Cc1cccn2c(=O)cc(CSCCS(C)(=O)=O)nc12. The zero-order valence-corrected chi connectivity index (χ0v) is 13.0. The molecule has 2 aromatic rings. The van der Waals surface area contributed by atoms with Crippen LogP contribution in [0.3, 0.4) is 0 Å². The van der Waals surface area contributed by atoms with Crippen molar-refractivity contribution in [3.63, 3.8) is 0 Å². The van der Waals surface area contributed by atoms with Crippen molar-refractivity contribution >= 4 is 27.2 Å². The Labute approximate surface area is 122 Å². The molecule has 0 saturated carbocycles. The molecule has 0 amide bonds. The van der Waals surface area contributed by atoms with Crippen molar-refractivity contribution in [2.24, 2.45) is 0 Å². The summed E-state index contributed by atoms with van der Waals surface area (Å²) in [4.78, 5) is 16.4. The standard InChI is InChI=1S/C13H16N2O3S2/c1-10-4-3-5-15-12(16)8-11(14-13(10)15)9-19-6-7-20(2,17)18/h3-5,8H,6-7,9H2,1-2H3. The fourth-order valence-corrected chi connectivity index (χ4v) is 3.95. The summed E-state index contributed by atoms with van der Waals surface area (Å²) in [7, 11) is -2.94. The van der Waals surface area contributed by atoms with E-state index in [2.05, 4.69) is 4.98 Å². The number of aromatic nitrogens is 2. The molecule has 0 atom stereocenters. The van der Waals surface area contributed by atoms with Crippen LogP contribution in [0, 0.1) is 6.92 Å². The normalized spacial score (nSPS) is 11.9. The zero-order chi connectivity index (χ0) is 14.8. The highest BCUT2D eigenvalue weighted by Crippen LogP contribution is 2.12. The maximum absolute atomic E-state index is 12.0. The second-order valence-electron chi connectivity index (χ2n) is 4.65. The van der Waals surface area contributed by atoms with Crippen LogP contribution < -0.4 is 5.56 Å². The van der Waals surface area contributed by atoms with Crippen molar-refractivity contribution in [3.8, 4) is 0 Å². The van der Waals surface area contributed by atoms with E-state index in [1.165, 1.54) is 28.5 Å². The van der Waals surface area contributed by atoms with E-state index >= 15 is 0 Å². The summed E-state index contributed by atoms with van der Waals surface area (Å²) >= 11 is 1.47. The molecule has 0 aliphatic heterocycles.